The zero-order chi connectivity index (χ0) is 20.8. The molecule has 0 unspecified atom stereocenters. The summed E-state index contributed by atoms with van der Waals surface area (Å²) in [5, 5.41) is 12.5. The summed E-state index contributed by atoms with van der Waals surface area (Å²) < 4.78 is 4.36. The van der Waals surface area contributed by atoms with Crippen molar-refractivity contribution in [3.8, 4) is 34.4 Å². The highest BCUT2D eigenvalue weighted by Gasteiger charge is 2.23. The van der Waals surface area contributed by atoms with E-state index in [1.54, 1.807) is 0 Å². The van der Waals surface area contributed by atoms with Crippen LogP contribution in [0.1, 0.15) is 11.3 Å². The Kier molecular flexibility index (Phi) is 4.11. The second kappa shape index (κ2) is 7.11. The van der Waals surface area contributed by atoms with Gasteiger partial charge >= 0.3 is 0 Å². The van der Waals surface area contributed by atoms with E-state index < -0.39 is 0 Å². The fraction of sp³-hybridized carbons (Fsp3) is 0.208. The number of imidazole rings is 1. The molecule has 5 heterocycles. The number of fused-ring (bicyclic) bond motifs is 5. The number of hydrogen-bond acceptors (Lipinski definition) is 5. The van der Waals surface area contributed by atoms with Crippen LogP contribution >= 0.6 is 0 Å². The number of hydrogen-bond donors (Lipinski definition) is 1. The predicted octanol–water partition coefficient (Wildman–Crippen LogP) is 3.05. The maximum atomic E-state index is 9.08. The van der Waals surface area contributed by atoms with Crippen LogP contribution < -0.4 is 10.2 Å². The molecule has 0 spiro atoms. The summed E-state index contributed by atoms with van der Waals surface area (Å²) in [6, 6.07) is 16.3. The fourth-order valence-electron chi connectivity index (χ4n) is 4.46. The average Bonchev–Trinajstić information content (AvgIpc) is 3.45. The molecule has 0 amide bonds. The number of anilines is 1. The zero-order valence-corrected chi connectivity index (χ0v) is 17.0. The molecular weight excluding hydrogens is 386 g/mol. The number of pyridine rings is 1. The molecule has 7 nitrogen and oxygen atoms in total. The SMILES string of the molecule is N#Cc1ccc(-c2cc3n(c2)Cc2nc(N4CCNCC4)ccc2-n2ccnc2-3)cc1. The lowest BCUT2D eigenvalue weighted by molar-refractivity contribution is 0.584. The first-order valence-electron chi connectivity index (χ1n) is 10.5. The summed E-state index contributed by atoms with van der Waals surface area (Å²) >= 11 is 0. The van der Waals surface area contributed by atoms with E-state index in [0.717, 1.165) is 66.0 Å². The molecule has 0 atom stereocenters. The Hall–Kier alpha value is -3.89. The minimum absolute atomic E-state index is 0.665. The van der Waals surface area contributed by atoms with Gasteiger partial charge in [-0.05, 0) is 35.9 Å². The Balaban J connectivity index is 1.44. The molecular formula is C24H21N7. The van der Waals surface area contributed by atoms with Crippen molar-refractivity contribution in [3.63, 3.8) is 0 Å². The second-order valence-electron chi connectivity index (χ2n) is 7.92. The maximum Gasteiger partial charge on any atom is 0.161 e. The summed E-state index contributed by atoms with van der Waals surface area (Å²) in [7, 11) is 0. The normalized spacial score (nSPS) is 14.9. The number of aromatic nitrogens is 4. The van der Waals surface area contributed by atoms with Crippen LogP contribution in [0.2, 0.25) is 0 Å². The van der Waals surface area contributed by atoms with E-state index in [1.165, 1.54) is 0 Å². The van der Waals surface area contributed by atoms with Crippen LogP contribution in [0.5, 0.6) is 0 Å². The average molecular weight is 407 g/mol. The van der Waals surface area contributed by atoms with E-state index in [9.17, 15) is 0 Å². The van der Waals surface area contributed by atoms with Crippen molar-refractivity contribution in [2.45, 2.75) is 6.54 Å². The summed E-state index contributed by atoms with van der Waals surface area (Å²) in [5.74, 6) is 1.94. The molecule has 1 saturated heterocycles. The van der Waals surface area contributed by atoms with Gasteiger partial charge in [0.1, 0.15) is 5.82 Å². The van der Waals surface area contributed by atoms with Crippen molar-refractivity contribution in [1.29, 1.82) is 5.26 Å². The molecule has 31 heavy (non-hydrogen) atoms. The Morgan fingerprint density at radius 3 is 2.65 bits per heavy atom. The van der Waals surface area contributed by atoms with E-state index in [0.29, 0.717) is 12.1 Å². The molecule has 6 rings (SSSR count). The highest BCUT2D eigenvalue weighted by Crippen LogP contribution is 2.34. The van der Waals surface area contributed by atoms with Crippen LogP contribution in [-0.2, 0) is 6.54 Å². The van der Waals surface area contributed by atoms with E-state index >= 15 is 0 Å². The molecule has 2 aliphatic heterocycles. The molecule has 0 saturated carbocycles. The van der Waals surface area contributed by atoms with Crippen molar-refractivity contribution < 1.29 is 0 Å². The van der Waals surface area contributed by atoms with Crippen LogP contribution in [0.15, 0.2) is 61.1 Å². The number of rotatable bonds is 2. The van der Waals surface area contributed by atoms with Gasteiger partial charge in [0.25, 0.3) is 0 Å². The molecule has 3 aromatic heterocycles. The monoisotopic (exact) mass is 407 g/mol. The van der Waals surface area contributed by atoms with Crippen LogP contribution in [0.25, 0.3) is 28.3 Å². The molecule has 1 fully saturated rings. The van der Waals surface area contributed by atoms with Gasteiger partial charge in [-0.3, -0.25) is 4.57 Å². The van der Waals surface area contributed by atoms with Gasteiger partial charge in [-0.15, -0.1) is 0 Å². The van der Waals surface area contributed by atoms with E-state index in [4.69, 9.17) is 10.2 Å². The smallest absolute Gasteiger partial charge is 0.161 e. The lowest BCUT2D eigenvalue weighted by Crippen LogP contribution is -2.44. The molecule has 0 bridgehead atoms. The molecule has 1 N–H and O–H groups in total. The van der Waals surface area contributed by atoms with Gasteiger partial charge in [0, 0.05) is 50.3 Å². The van der Waals surface area contributed by atoms with Gasteiger partial charge in [-0.2, -0.15) is 5.26 Å². The molecule has 1 aromatic carbocycles. The molecule has 0 aliphatic carbocycles. The van der Waals surface area contributed by atoms with Gasteiger partial charge in [-0.25, -0.2) is 9.97 Å². The Labute approximate surface area is 180 Å². The van der Waals surface area contributed by atoms with E-state index in [1.807, 2.05) is 36.7 Å². The second-order valence-corrected chi connectivity index (χ2v) is 7.92. The first-order valence-corrected chi connectivity index (χ1v) is 10.5. The third kappa shape index (κ3) is 3.00. The third-order valence-corrected chi connectivity index (χ3v) is 6.07. The minimum Gasteiger partial charge on any atom is -0.354 e. The maximum absolute atomic E-state index is 9.08. The van der Waals surface area contributed by atoms with Crippen LogP contribution in [0.4, 0.5) is 5.82 Å². The molecule has 0 radical (unpaired) electrons. The first-order chi connectivity index (χ1) is 15.3. The number of nitrogens with one attached hydrogen (secondary N) is 1. The van der Waals surface area contributed by atoms with Crippen molar-refractivity contribution in [1.82, 2.24) is 24.4 Å². The summed E-state index contributed by atoms with van der Waals surface area (Å²) in [6.45, 7) is 4.60. The molecule has 2 aliphatic rings. The van der Waals surface area contributed by atoms with Gasteiger partial charge < -0.3 is 14.8 Å². The van der Waals surface area contributed by atoms with Gasteiger partial charge in [0.05, 0.1) is 35.3 Å². The zero-order valence-electron chi connectivity index (χ0n) is 17.0. The standard InChI is InChI=1S/C24H21N7/c25-14-17-1-3-18(4-2-17)19-13-22-24-27-9-12-31(24)21-5-6-23(29-10-7-26-8-11-29)28-20(21)16-30(22)15-19/h1-6,9,12-13,15,26H,7-8,10-11,16H2. The van der Waals surface area contributed by atoms with Crippen molar-refractivity contribution in [2.75, 3.05) is 31.1 Å². The Morgan fingerprint density at radius 1 is 1.00 bits per heavy atom. The van der Waals surface area contributed by atoms with Crippen molar-refractivity contribution in [3.05, 3.63) is 72.3 Å². The number of nitrogens with zero attached hydrogens (tertiary/aromatic N) is 6. The summed E-state index contributed by atoms with van der Waals surface area (Å²) in [4.78, 5) is 12.1. The predicted molar refractivity (Wildman–Crippen MR) is 119 cm³/mol. The first kappa shape index (κ1) is 17.9. The van der Waals surface area contributed by atoms with Gasteiger partial charge in [-0.1, -0.05) is 12.1 Å². The lowest BCUT2D eigenvalue weighted by atomic mass is 10.1. The number of piperazine rings is 1. The molecule has 7 heteroatoms. The van der Waals surface area contributed by atoms with Crippen LogP contribution in [-0.4, -0.2) is 45.3 Å². The number of benzene rings is 1. The van der Waals surface area contributed by atoms with Gasteiger partial charge in [0.15, 0.2) is 5.82 Å². The largest absolute Gasteiger partial charge is 0.354 e. The van der Waals surface area contributed by atoms with Crippen LogP contribution in [0, 0.1) is 11.3 Å². The molecule has 152 valence electrons. The summed E-state index contributed by atoms with van der Waals surface area (Å²) in [6.07, 6.45) is 6.00. The Bertz CT molecular complexity index is 1300. The highest BCUT2D eigenvalue weighted by atomic mass is 15.2. The molecule has 4 aromatic rings. The lowest BCUT2D eigenvalue weighted by Gasteiger charge is -2.29. The van der Waals surface area contributed by atoms with E-state index in [-0.39, 0.29) is 0 Å². The van der Waals surface area contributed by atoms with Crippen molar-refractivity contribution >= 4 is 5.82 Å². The van der Waals surface area contributed by atoms with Gasteiger partial charge in [0.2, 0.25) is 0 Å². The minimum atomic E-state index is 0.665. The van der Waals surface area contributed by atoms with E-state index in [2.05, 4.69) is 54.8 Å². The summed E-state index contributed by atoms with van der Waals surface area (Å²) in [5.41, 5.74) is 6.03. The quantitative estimate of drug-likeness (QED) is 0.487. The number of nitriles is 1. The topological polar surface area (TPSA) is 74.7 Å². The van der Waals surface area contributed by atoms with Crippen LogP contribution in [0.3, 0.4) is 0 Å². The third-order valence-electron chi connectivity index (χ3n) is 6.07. The van der Waals surface area contributed by atoms with Crippen molar-refractivity contribution in [2.24, 2.45) is 0 Å². The highest BCUT2D eigenvalue weighted by molar-refractivity contribution is 5.72. The fourth-order valence-corrected chi connectivity index (χ4v) is 4.46. The Morgan fingerprint density at radius 2 is 1.84 bits per heavy atom.